The molecule has 0 unspecified atom stereocenters. The molecule has 0 spiro atoms. The van der Waals surface area contributed by atoms with E-state index in [9.17, 15) is 9.18 Å². The molecule has 3 heterocycles. The number of carbonyl (C=O) groups is 1. The second-order valence-corrected chi connectivity index (χ2v) is 7.29. The summed E-state index contributed by atoms with van der Waals surface area (Å²) in [4.78, 5) is 21.6. The fourth-order valence-corrected chi connectivity index (χ4v) is 3.36. The van der Waals surface area contributed by atoms with Gasteiger partial charge in [0.15, 0.2) is 0 Å². The molecule has 1 aromatic carbocycles. The fraction of sp³-hybridized carbons (Fsp3) is 0.182. The Kier molecular flexibility index (Phi) is 4.08. The third-order valence-corrected chi connectivity index (χ3v) is 5.16. The standard InChI is InChI=1S/C22H18FN5O/c1-13-8-18(23)16(15-10-24-21(25-11-15)14-5-6-14)9-19(13)27-22(29)17-12-26-28-7-3-2-4-20(17)28/h2-4,7-12,14H,5-6H2,1H3,(H,27,29). The number of pyridine rings is 1. The highest BCUT2D eigenvalue weighted by Crippen LogP contribution is 2.38. The van der Waals surface area contributed by atoms with Crippen molar-refractivity contribution in [2.45, 2.75) is 25.7 Å². The lowest BCUT2D eigenvalue weighted by atomic mass is 10.0. The summed E-state index contributed by atoms with van der Waals surface area (Å²) in [5.74, 6) is 0.571. The number of anilines is 1. The number of carbonyl (C=O) groups excluding carboxylic acids is 1. The van der Waals surface area contributed by atoms with Gasteiger partial charge < -0.3 is 5.32 Å². The summed E-state index contributed by atoms with van der Waals surface area (Å²) in [7, 11) is 0. The van der Waals surface area contributed by atoms with Gasteiger partial charge in [-0.25, -0.2) is 18.9 Å². The molecule has 144 valence electrons. The van der Waals surface area contributed by atoms with Crippen LogP contribution in [-0.2, 0) is 0 Å². The zero-order valence-corrected chi connectivity index (χ0v) is 15.8. The Morgan fingerprint density at radius 3 is 2.72 bits per heavy atom. The molecule has 4 aromatic rings. The minimum Gasteiger partial charge on any atom is -0.322 e. The number of nitrogens with zero attached hydrogens (tertiary/aromatic N) is 4. The summed E-state index contributed by atoms with van der Waals surface area (Å²) in [5.41, 5.74) is 3.26. The number of rotatable bonds is 4. The van der Waals surface area contributed by atoms with E-state index in [0.717, 1.165) is 18.7 Å². The molecule has 3 aromatic heterocycles. The van der Waals surface area contributed by atoms with Crippen LogP contribution >= 0.6 is 0 Å². The van der Waals surface area contributed by atoms with Gasteiger partial charge in [0.05, 0.1) is 17.3 Å². The molecule has 1 fully saturated rings. The first-order valence-corrected chi connectivity index (χ1v) is 9.46. The lowest BCUT2D eigenvalue weighted by molar-refractivity contribution is 0.102. The average Bonchev–Trinajstić information content (AvgIpc) is 3.49. The van der Waals surface area contributed by atoms with Gasteiger partial charge in [-0.3, -0.25) is 4.79 Å². The van der Waals surface area contributed by atoms with E-state index in [2.05, 4.69) is 20.4 Å². The van der Waals surface area contributed by atoms with Gasteiger partial charge >= 0.3 is 0 Å². The van der Waals surface area contributed by atoms with E-state index in [0.29, 0.717) is 39.4 Å². The minimum atomic E-state index is -0.376. The first-order chi connectivity index (χ1) is 14.1. The maximum Gasteiger partial charge on any atom is 0.259 e. The summed E-state index contributed by atoms with van der Waals surface area (Å²) < 4.78 is 16.3. The van der Waals surface area contributed by atoms with Gasteiger partial charge in [-0.15, -0.1) is 0 Å². The predicted octanol–water partition coefficient (Wildman–Crippen LogP) is 4.37. The molecule has 6 nitrogen and oxygen atoms in total. The maximum absolute atomic E-state index is 14.6. The van der Waals surface area contributed by atoms with Crippen LogP contribution in [0.4, 0.5) is 10.1 Å². The van der Waals surface area contributed by atoms with Crippen molar-refractivity contribution in [3.8, 4) is 11.1 Å². The van der Waals surface area contributed by atoms with E-state index in [4.69, 9.17) is 0 Å². The zero-order valence-electron chi connectivity index (χ0n) is 15.8. The van der Waals surface area contributed by atoms with E-state index < -0.39 is 0 Å². The quantitative estimate of drug-likeness (QED) is 0.564. The van der Waals surface area contributed by atoms with E-state index in [1.807, 2.05) is 18.2 Å². The van der Waals surface area contributed by atoms with Crippen LogP contribution in [0.25, 0.3) is 16.6 Å². The van der Waals surface area contributed by atoms with Crippen LogP contribution in [0.5, 0.6) is 0 Å². The summed E-state index contributed by atoms with van der Waals surface area (Å²) in [6.07, 6.45) is 8.81. The lowest BCUT2D eigenvalue weighted by Gasteiger charge is -2.12. The molecule has 1 aliphatic rings. The van der Waals surface area contributed by atoms with Crippen molar-refractivity contribution < 1.29 is 9.18 Å². The van der Waals surface area contributed by atoms with Crippen molar-refractivity contribution in [1.82, 2.24) is 19.6 Å². The number of nitrogens with one attached hydrogen (secondary N) is 1. The Hall–Kier alpha value is -3.61. The molecule has 29 heavy (non-hydrogen) atoms. The molecule has 0 aliphatic heterocycles. The monoisotopic (exact) mass is 387 g/mol. The molecule has 1 N–H and O–H groups in total. The molecule has 1 saturated carbocycles. The Morgan fingerprint density at radius 2 is 1.97 bits per heavy atom. The number of hydrogen-bond donors (Lipinski definition) is 1. The minimum absolute atomic E-state index is 0.299. The highest BCUT2D eigenvalue weighted by Gasteiger charge is 2.26. The molecular formula is C22H18FN5O. The van der Waals surface area contributed by atoms with Crippen molar-refractivity contribution >= 4 is 17.1 Å². The normalized spacial score (nSPS) is 13.6. The van der Waals surface area contributed by atoms with Crippen LogP contribution in [-0.4, -0.2) is 25.5 Å². The summed E-state index contributed by atoms with van der Waals surface area (Å²) in [6.45, 7) is 1.76. The third-order valence-electron chi connectivity index (χ3n) is 5.16. The second kappa shape index (κ2) is 6.77. The molecule has 1 aliphatic carbocycles. The summed E-state index contributed by atoms with van der Waals surface area (Å²) >= 11 is 0. The van der Waals surface area contributed by atoms with Gasteiger partial charge in [-0.05, 0) is 49.6 Å². The van der Waals surface area contributed by atoms with Gasteiger partial charge in [-0.2, -0.15) is 5.10 Å². The third kappa shape index (κ3) is 3.24. The number of aryl methyl sites for hydroxylation is 1. The molecule has 0 atom stereocenters. The van der Waals surface area contributed by atoms with Crippen LogP contribution in [0.15, 0.2) is 55.1 Å². The molecule has 0 saturated heterocycles. The first kappa shape index (κ1) is 17.5. The smallest absolute Gasteiger partial charge is 0.259 e. The number of fused-ring (bicyclic) bond motifs is 1. The van der Waals surface area contributed by atoms with Crippen molar-refractivity contribution in [2.75, 3.05) is 5.32 Å². The van der Waals surface area contributed by atoms with Crippen molar-refractivity contribution in [1.29, 1.82) is 0 Å². The zero-order chi connectivity index (χ0) is 20.0. The molecular weight excluding hydrogens is 369 g/mol. The summed E-state index contributed by atoms with van der Waals surface area (Å²) in [5, 5.41) is 7.07. The Labute approximate surface area is 166 Å². The van der Waals surface area contributed by atoms with Crippen LogP contribution in [0.1, 0.15) is 40.5 Å². The van der Waals surface area contributed by atoms with E-state index >= 15 is 0 Å². The van der Waals surface area contributed by atoms with E-state index in [1.165, 1.54) is 12.3 Å². The predicted molar refractivity (Wildman–Crippen MR) is 107 cm³/mol. The van der Waals surface area contributed by atoms with Gasteiger partial charge in [0.2, 0.25) is 0 Å². The number of aromatic nitrogens is 4. The Morgan fingerprint density at radius 1 is 1.17 bits per heavy atom. The second-order valence-electron chi connectivity index (χ2n) is 7.29. The number of hydrogen-bond acceptors (Lipinski definition) is 4. The van der Waals surface area contributed by atoms with Gasteiger partial charge in [-0.1, -0.05) is 6.07 Å². The van der Waals surface area contributed by atoms with Gasteiger partial charge in [0.1, 0.15) is 11.6 Å². The van der Waals surface area contributed by atoms with Crippen LogP contribution in [0, 0.1) is 12.7 Å². The van der Waals surface area contributed by atoms with Crippen molar-refractivity contribution in [3.63, 3.8) is 0 Å². The average molecular weight is 387 g/mol. The molecule has 0 bridgehead atoms. The van der Waals surface area contributed by atoms with Crippen molar-refractivity contribution in [3.05, 3.63) is 77.9 Å². The van der Waals surface area contributed by atoms with Gasteiger partial charge in [0.25, 0.3) is 5.91 Å². The van der Waals surface area contributed by atoms with Crippen molar-refractivity contribution in [2.24, 2.45) is 0 Å². The van der Waals surface area contributed by atoms with Crippen LogP contribution < -0.4 is 5.32 Å². The number of amides is 1. The van der Waals surface area contributed by atoms with E-state index in [-0.39, 0.29) is 11.7 Å². The molecule has 5 rings (SSSR count). The summed E-state index contributed by atoms with van der Waals surface area (Å²) in [6, 6.07) is 8.55. The van der Waals surface area contributed by atoms with E-state index in [1.54, 1.807) is 36.1 Å². The van der Waals surface area contributed by atoms with Crippen LogP contribution in [0.2, 0.25) is 0 Å². The largest absolute Gasteiger partial charge is 0.322 e. The number of halogens is 1. The lowest BCUT2D eigenvalue weighted by Crippen LogP contribution is -2.13. The molecule has 0 radical (unpaired) electrons. The first-order valence-electron chi connectivity index (χ1n) is 9.46. The highest BCUT2D eigenvalue weighted by atomic mass is 19.1. The molecule has 1 amide bonds. The highest BCUT2D eigenvalue weighted by molar-refractivity contribution is 6.09. The van der Waals surface area contributed by atoms with Gasteiger partial charge in [0, 0.05) is 41.3 Å². The SMILES string of the molecule is Cc1cc(F)c(-c2cnc(C3CC3)nc2)cc1NC(=O)c1cnn2ccccc12. The van der Waals surface area contributed by atoms with Crippen LogP contribution in [0.3, 0.4) is 0 Å². The topological polar surface area (TPSA) is 72.2 Å². The molecule has 7 heteroatoms. The number of benzene rings is 1. The maximum atomic E-state index is 14.6. The fourth-order valence-electron chi connectivity index (χ4n) is 3.36. The Balaban J connectivity index is 1.47. The Bertz CT molecular complexity index is 1230.